The molecule has 192 valence electrons. The number of aryl methyl sites for hydroxylation is 3. The number of hydrogen-bond donors (Lipinski definition) is 1. The summed E-state index contributed by atoms with van der Waals surface area (Å²) in [4.78, 5) is 31.1. The number of carbonyl (C=O) groups excluding carboxylic acids is 1. The van der Waals surface area contributed by atoms with Gasteiger partial charge in [0.15, 0.2) is 0 Å². The van der Waals surface area contributed by atoms with Crippen molar-refractivity contribution in [3.8, 4) is 0 Å². The third kappa shape index (κ3) is 4.83. The maximum absolute atomic E-state index is 14.0. The molecule has 0 saturated carbocycles. The van der Waals surface area contributed by atoms with Gasteiger partial charge in [-0.3, -0.25) is 18.7 Å². The lowest BCUT2D eigenvalue weighted by Crippen LogP contribution is -2.30. The highest BCUT2D eigenvalue weighted by molar-refractivity contribution is 7.97. The molecule has 0 aliphatic carbocycles. The molecule has 2 aromatic carbocycles. The number of aromatic nitrogens is 5. The smallest absolute Gasteiger partial charge is 0.329 e. The number of benzene rings is 2. The van der Waals surface area contributed by atoms with Gasteiger partial charge >= 0.3 is 5.69 Å². The van der Waals surface area contributed by atoms with Crippen molar-refractivity contribution in [3.63, 3.8) is 0 Å². The highest BCUT2D eigenvalue weighted by Gasteiger charge is 2.23. The third-order valence-electron chi connectivity index (χ3n) is 6.86. The molecule has 0 spiro atoms. The van der Waals surface area contributed by atoms with Crippen LogP contribution in [0.5, 0.6) is 0 Å². The lowest BCUT2D eigenvalue weighted by molar-refractivity contribution is -0.120. The van der Waals surface area contributed by atoms with Crippen molar-refractivity contribution in [2.45, 2.75) is 50.7 Å². The molecule has 37 heavy (non-hydrogen) atoms. The summed E-state index contributed by atoms with van der Waals surface area (Å²) in [6.07, 6.45) is 7.46. The number of nitrogens with zero attached hydrogens (tertiary/aromatic N) is 5. The lowest BCUT2D eigenvalue weighted by atomic mass is 10.1. The third-order valence-corrected chi connectivity index (χ3v) is 7.61. The first-order chi connectivity index (χ1) is 17.9. The summed E-state index contributed by atoms with van der Waals surface area (Å²) >= 11 is 1.20. The molecule has 3 heterocycles. The molecule has 0 fully saturated rings. The molecule has 5 rings (SSSR count). The molecule has 0 bridgehead atoms. The zero-order valence-corrected chi connectivity index (χ0v) is 22.5. The fraction of sp³-hybridized carbons (Fsp3) is 0.321. The summed E-state index contributed by atoms with van der Waals surface area (Å²) in [6.45, 7) is 4.66. The maximum Gasteiger partial charge on any atom is 0.329 e. The van der Waals surface area contributed by atoms with Crippen molar-refractivity contribution < 1.29 is 4.79 Å². The average Bonchev–Trinajstić information content (AvgIpc) is 3.52. The fourth-order valence-corrected chi connectivity index (χ4v) is 5.84. The van der Waals surface area contributed by atoms with Crippen molar-refractivity contribution in [2.75, 3.05) is 0 Å². The Morgan fingerprint density at radius 3 is 2.54 bits per heavy atom. The van der Waals surface area contributed by atoms with Gasteiger partial charge in [-0.15, -0.1) is 0 Å². The van der Waals surface area contributed by atoms with Crippen LogP contribution in [-0.4, -0.2) is 29.2 Å². The first kappa shape index (κ1) is 25.0. The summed E-state index contributed by atoms with van der Waals surface area (Å²) in [7, 11) is 3.92. The van der Waals surface area contributed by atoms with Crippen molar-refractivity contribution in [1.82, 2.24) is 28.0 Å². The molecule has 8 nitrogen and oxygen atoms in total. The van der Waals surface area contributed by atoms with Crippen LogP contribution < -0.4 is 10.4 Å². The van der Waals surface area contributed by atoms with E-state index < -0.39 is 0 Å². The van der Waals surface area contributed by atoms with E-state index in [0.29, 0.717) is 6.54 Å². The number of hydrogen-bond acceptors (Lipinski definition) is 4. The molecule has 0 aliphatic heterocycles. The topological polar surface area (TPSA) is 78.8 Å². The van der Waals surface area contributed by atoms with Crippen LogP contribution in [0.25, 0.3) is 21.9 Å². The quantitative estimate of drug-likeness (QED) is 0.282. The molecule has 0 aliphatic rings. The molecule has 3 aromatic heterocycles. The Labute approximate surface area is 220 Å². The van der Waals surface area contributed by atoms with Crippen molar-refractivity contribution in [3.05, 3.63) is 82.8 Å². The monoisotopic (exact) mass is 516 g/mol. The van der Waals surface area contributed by atoms with E-state index in [2.05, 4.69) is 52.5 Å². The zero-order valence-electron chi connectivity index (χ0n) is 21.6. The average molecular weight is 517 g/mol. The Morgan fingerprint density at radius 2 is 1.81 bits per heavy atom. The Hall–Kier alpha value is -3.72. The van der Waals surface area contributed by atoms with Crippen LogP contribution in [0.15, 0.2) is 71.0 Å². The lowest BCUT2D eigenvalue weighted by Gasteiger charge is -2.17. The highest BCUT2D eigenvalue weighted by atomic mass is 32.2. The molecule has 0 radical (unpaired) electrons. The van der Waals surface area contributed by atoms with Crippen LogP contribution in [0.3, 0.4) is 0 Å². The van der Waals surface area contributed by atoms with E-state index in [1.165, 1.54) is 22.9 Å². The number of nitrogens with one attached hydrogen (secondary N) is 1. The van der Waals surface area contributed by atoms with Crippen LogP contribution in [0.1, 0.15) is 43.4 Å². The van der Waals surface area contributed by atoms with Gasteiger partial charge in [-0.25, -0.2) is 9.78 Å². The second kappa shape index (κ2) is 10.3. The van der Waals surface area contributed by atoms with E-state index >= 15 is 0 Å². The number of carbonyl (C=O) groups is 1. The maximum atomic E-state index is 14.0. The molecule has 1 atom stereocenters. The normalized spacial score (nSPS) is 12.4. The van der Waals surface area contributed by atoms with E-state index in [0.717, 1.165) is 40.0 Å². The van der Waals surface area contributed by atoms with Gasteiger partial charge in [-0.1, -0.05) is 37.6 Å². The van der Waals surface area contributed by atoms with Gasteiger partial charge < -0.3 is 9.13 Å². The molecule has 0 saturated heterocycles. The minimum Gasteiger partial charge on any atom is -0.350 e. The fourth-order valence-electron chi connectivity index (χ4n) is 5.22. The summed E-state index contributed by atoms with van der Waals surface area (Å²) in [5.41, 5.74) is 5.09. The number of amides is 1. The van der Waals surface area contributed by atoms with Gasteiger partial charge in [0.1, 0.15) is 5.03 Å². The van der Waals surface area contributed by atoms with E-state index in [1.807, 2.05) is 58.3 Å². The first-order valence-corrected chi connectivity index (χ1v) is 13.4. The summed E-state index contributed by atoms with van der Waals surface area (Å²) in [5.74, 6) is -0.123. The van der Waals surface area contributed by atoms with Crippen molar-refractivity contribution in [2.24, 2.45) is 14.1 Å². The summed E-state index contributed by atoms with van der Waals surface area (Å²) in [5, 5.41) is 1.91. The van der Waals surface area contributed by atoms with Crippen LogP contribution in [0.2, 0.25) is 0 Å². The Balaban J connectivity index is 1.50. The van der Waals surface area contributed by atoms with Gasteiger partial charge in [0.05, 0.1) is 23.9 Å². The van der Waals surface area contributed by atoms with E-state index in [9.17, 15) is 9.59 Å². The molecule has 0 unspecified atom stereocenters. The molecule has 1 N–H and O–H groups in total. The largest absolute Gasteiger partial charge is 0.350 e. The SMILES string of the molecule is CCC[C@@H](CC(=O)NSc1cn(C)cn1)n1c(=O)n(Cc2cn(C)c3cccc(C)c23)c2ccccc21. The minimum atomic E-state index is -0.248. The van der Waals surface area contributed by atoms with Crippen LogP contribution in [0, 0.1) is 6.92 Å². The van der Waals surface area contributed by atoms with Crippen molar-refractivity contribution >= 4 is 39.8 Å². The van der Waals surface area contributed by atoms with Crippen molar-refractivity contribution in [1.29, 1.82) is 0 Å². The standard InChI is InChI=1S/C28H32N6O2S/c1-5-9-21(14-25(35)30-37-26-17-31(3)18-29-26)34-23-12-7-6-11-22(23)33(28(34)36)16-20-15-32(4)24-13-8-10-19(2)27(20)24/h6-8,10-13,15,17-18,21H,5,9,14,16H2,1-4H3,(H,30,35)/t21-/m0/s1. The van der Waals surface area contributed by atoms with E-state index in [4.69, 9.17) is 0 Å². The Kier molecular flexibility index (Phi) is 6.97. The van der Waals surface area contributed by atoms with Crippen LogP contribution in [-0.2, 0) is 25.4 Å². The second-order valence-corrected chi connectivity index (χ2v) is 10.4. The van der Waals surface area contributed by atoms with E-state index in [-0.39, 0.29) is 24.1 Å². The molecule has 1 amide bonds. The summed E-state index contributed by atoms with van der Waals surface area (Å²) < 4.78 is 10.5. The number of fused-ring (bicyclic) bond motifs is 2. The second-order valence-electron chi connectivity index (χ2n) is 9.61. The number of para-hydroxylation sites is 2. The van der Waals surface area contributed by atoms with Gasteiger partial charge in [-0.2, -0.15) is 0 Å². The minimum absolute atomic E-state index is 0.0876. The van der Waals surface area contributed by atoms with Gasteiger partial charge in [-0.05, 0) is 42.7 Å². The summed E-state index contributed by atoms with van der Waals surface area (Å²) in [6, 6.07) is 13.9. The van der Waals surface area contributed by atoms with E-state index in [1.54, 1.807) is 6.33 Å². The first-order valence-electron chi connectivity index (χ1n) is 12.5. The molecule has 9 heteroatoms. The Morgan fingerprint density at radius 1 is 1.05 bits per heavy atom. The van der Waals surface area contributed by atoms with Gasteiger partial charge in [0.2, 0.25) is 5.91 Å². The predicted octanol–water partition coefficient (Wildman–Crippen LogP) is 4.94. The Bertz CT molecular complexity index is 1640. The molecule has 5 aromatic rings. The van der Waals surface area contributed by atoms with Crippen LogP contribution in [0.4, 0.5) is 0 Å². The number of imidazole rings is 2. The molecular weight excluding hydrogens is 484 g/mol. The highest BCUT2D eigenvalue weighted by Crippen LogP contribution is 2.28. The van der Waals surface area contributed by atoms with Crippen LogP contribution >= 0.6 is 11.9 Å². The predicted molar refractivity (Wildman–Crippen MR) is 149 cm³/mol. The van der Waals surface area contributed by atoms with Gasteiger partial charge in [0, 0.05) is 61.8 Å². The zero-order chi connectivity index (χ0) is 26.1. The number of rotatable bonds is 9. The van der Waals surface area contributed by atoms with Gasteiger partial charge in [0.25, 0.3) is 0 Å². The molecular formula is C28H32N6O2S.